The molecule has 9 heteroatoms. The number of halogens is 2. The summed E-state index contributed by atoms with van der Waals surface area (Å²) in [5.74, 6) is -2.91. The lowest BCUT2D eigenvalue weighted by Gasteiger charge is -2.04. The zero-order chi connectivity index (χ0) is 8.58. The van der Waals surface area contributed by atoms with Gasteiger partial charge in [0.2, 0.25) is 0 Å². The molecule has 0 aliphatic rings. The van der Waals surface area contributed by atoms with E-state index in [4.69, 9.17) is 9.66 Å². The van der Waals surface area contributed by atoms with E-state index in [9.17, 15) is 22.0 Å². The molecule has 0 saturated heterocycles. The van der Waals surface area contributed by atoms with Gasteiger partial charge in [-0.2, -0.15) is 17.2 Å². The highest BCUT2D eigenvalue weighted by Gasteiger charge is 2.52. The van der Waals surface area contributed by atoms with Crippen LogP contribution in [-0.4, -0.2) is 34.8 Å². The lowest BCUT2D eigenvalue weighted by Crippen LogP contribution is -2.36. The third-order valence-electron chi connectivity index (χ3n) is 0.573. The fourth-order valence-corrected chi connectivity index (χ4v) is 0.331. The van der Waals surface area contributed by atoms with Gasteiger partial charge in [0.1, 0.15) is 0 Å². The number of hydrogen-bond donors (Lipinski definition) is 2. The second kappa shape index (κ2) is 3.07. The van der Waals surface area contributed by atoms with Gasteiger partial charge in [0, 0.05) is 0 Å². The second-order valence-electron chi connectivity index (χ2n) is 1.30. The first-order chi connectivity index (χ1) is 4.19. The third-order valence-corrected chi connectivity index (χ3v) is 1.40. The number of aliphatic carboxylic acids is 1. The highest BCUT2D eigenvalue weighted by Crippen LogP contribution is 2.19. The van der Waals surface area contributed by atoms with E-state index in [2.05, 4.69) is 0 Å². The molecule has 0 unspecified atom stereocenters. The van der Waals surface area contributed by atoms with Crippen molar-refractivity contribution >= 4 is 16.1 Å². The fourth-order valence-electron chi connectivity index (χ4n) is 0.110. The summed E-state index contributed by atoms with van der Waals surface area (Å²) in [5.41, 5.74) is 0. The Morgan fingerprint density at radius 1 is 1.36 bits per heavy atom. The molecule has 0 aromatic carbocycles. The van der Waals surface area contributed by atoms with Crippen LogP contribution in [0.3, 0.4) is 0 Å². The van der Waals surface area contributed by atoms with Crippen molar-refractivity contribution in [3.63, 3.8) is 0 Å². The molecular formula is C2H4F2O6S. The number of carbonyl (C=O) groups is 1. The minimum absolute atomic E-state index is 0. The standard InChI is InChI=1S/C2H2F2O5S.H2O/c3-2(4,1(5)6)10(7,8)9;/h(H,5,6)(H,7,8,9);1H2. The summed E-state index contributed by atoms with van der Waals surface area (Å²) >= 11 is 0. The SMILES string of the molecule is O.O=C(O)C(F)(F)S(=O)(=O)O. The average Bonchev–Trinajstić information content (AvgIpc) is 1.62. The van der Waals surface area contributed by atoms with Gasteiger partial charge in [-0.25, -0.2) is 4.79 Å². The predicted octanol–water partition coefficient (Wildman–Crippen LogP) is -1.27. The Balaban J connectivity index is 0. The molecule has 0 fully saturated rings. The molecule has 0 rings (SSSR count). The van der Waals surface area contributed by atoms with Gasteiger partial charge in [0.15, 0.2) is 0 Å². The number of carboxylic acid groups (broad SMARTS) is 1. The van der Waals surface area contributed by atoms with Crippen LogP contribution in [0.4, 0.5) is 8.78 Å². The summed E-state index contributed by atoms with van der Waals surface area (Å²) in [5, 5.41) is 2.37. The Morgan fingerprint density at radius 3 is 1.64 bits per heavy atom. The Morgan fingerprint density at radius 2 is 1.64 bits per heavy atom. The van der Waals surface area contributed by atoms with Gasteiger partial charge in [-0.15, -0.1) is 0 Å². The third kappa shape index (κ3) is 2.37. The number of hydrogen-bond acceptors (Lipinski definition) is 3. The van der Waals surface area contributed by atoms with Crippen molar-refractivity contribution < 1.29 is 37.1 Å². The van der Waals surface area contributed by atoms with Crippen LogP contribution in [0.5, 0.6) is 0 Å². The van der Waals surface area contributed by atoms with Crippen LogP contribution in [0.25, 0.3) is 0 Å². The van der Waals surface area contributed by atoms with Crippen molar-refractivity contribution in [2.45, 2.75) is 5.25 Å². The minimum atomic E-state index is -5.83. The zero-order valence-corrected chi connectivity index (χ0v) is 5.60. The molecule has 0 aliphatic heterocycles. The summed E-state index contributed by atoms with van der Waals surface area (Å²) in [6, 6.07) is 0. The molecule has 0 atom stereocenters. The van der Waals surface area contributed by atoms with Gasteiger partial charge in [0.25, 0.3) is 0 Å². The van der Waals surface area contributed by atoms with Gasteiger partial charge < -0.3 is 10.6 Å². The second-order valence-corrected chi connectivity index (χ2v) is 2.76. The summed E-state index contributed by atoms with van der Waals surface area (Å²) in [6.07, 6.45) is 0. The van der Waals surface area contributed by atoms with E-state index in [0.29, 0.717) is 0 Å². The molecule has 0 amide bonds. The Hall–Kier alpha value is -0.800. The van der Waals surface area contributed by atoms with E-state index in [0.717, 1.165) is 0 Å². The Bertz CT molecular complexity index is 241. The molecular weight excluding hydrogens is 190 g/mol. The van der Waals surface area contributed by atoms with Gasteiger partial charge in [0.05, 0.1) is 0 Å². The number of carboxylic acids is 1. The van der Waals surface area contributed by atoms with Gasteiger partial charge >= 0.3 is 21.3 Å². The summed E-state index contributed by atoms with van der Waals surface area (Å²) in [4.78, 5) is 9.38. The Labute approximate surface area is 59.5 Å². The summed E-state index contributed by atoms with van der Waals surface area (Å²) in [7, 11) is -5.83. The maximum Gasteiger partial charge on any atom is 0.465 e. The van der Waals surface area contributed by atoms with Crippen molar-refractivity contribution in [1.82, 2.24) is 0 Å². The highest BCUT2D eigenvalue weighted by atomic mass is 32.2. The monoisotopic (exact) mass is 194 g/mol. The molecule has 6 nitrogen and oxygen atoms in total. The highest BCUT2D eigenvalue weighted by molar-refractivity contribution is 7.87. The molecule has 0 aliphatic carbocycles. The lowest BCUT2D eigenvalue weighted by molar-refractivity contribution is -0.154. The van der Waals surface area contributed by atoms with Crippen molar-refractivity contribution in [1.29, 1.82) is 0 Å². The quantitative estimate of drug-likeness (QED) is 0.530. The summed E-state index contributed by atoms with van der Waals surface area (Å²) < 4.78 is 49.8. The maximum absolute atomic E-state index is 11.6. The van der Waals surface area contributed by atoms with Crippen molar-refractivity contribution in [3.05, 3.63) is 0 Å². The molecule has 0 aromatic rings. The number of alkyl halides is 2. The van der Waals surface area contributed by atoms with Crippen LogP contribution in [0.2, 0.25) is 0 Å². The molecule has 0 aromatic heterocycles. The first-order valence-corrected chi connectivity index (χ1v) is 3.22. The average molecular weight is 194 g/mol. The molecule has 11 heavy (non-hydrogen) atoms. The van der Waals surface area contributed by atoms with E-state index in [1.54, 1.807) is 0 Å². The molecule has 4 N–H and O–H groups in total. The van der Waals surface area contributed by atoms with E-state index in [1.165, 1.54) is 0 Å². The van der Waals surface area contributed by atoms with Gasteiger partial charge in [-0.3, -0.25) is 4.55 Å². The molecule has 0 heterocycles. The fraction of sp³-hybridized carbons (Fsp3) is 0.500. The largest absolute Gasteiger partial charge is 0.476 e. The topological polar surface area (TPSA) is 123 Å². The number of rotatable bonds is 2. The normalized spacial score (nSPS) is 11.9. The zero-order valence-electron chi connectivity index (χ0n) is 4.78. The van der Waals surface area contributed by atoms with Crippen LogP contribution in [0.1, 0.15) is 0 Å². The van der Waals surface area contributed by atoms with Gasteiger partial charge in [-0.05, 0) is 0 Å². The molecule has 0 bridgehead atoms. The molecule has 0 saturated carbocycles. The van der Waals surface area contributed by atoms with Crippen molar-refractivity contribution in [2.24, 2.45) is 0 Å². The summed E-state index contributed by atoms with van der Waals surface area (Å²) in [6.45, 7) is 0. The Kier molecular flexibility index (Phi) is 3.58. The molecule has 0 radical (unpaired) electrons. The lowest BCUT2D eigenvalue weighted by atomic mass is 10.7. The van der Waals surface area contributed by atoms with Crippen LogP contribution >= 0.6 is 0 Å². The van der Waals surface area contributed by atoms with Crippen LogP contribution in [0, 0.1) is 0 Å². The van der Waals surface area contributed by atoms with E-state index < -0.39 is 21.3 Å². The smallest absolute Gasteiger partial charge is 0.465 e. The van der Waals surface area contributed by atoms with Crippen LogP contribution in [-0.2, 0) is 14.9 Å². The van der Waals surface area contributed by atoms with E-state index in [1.807, 2.05) is 0 Å². The minimum Gasteiger partial charge on any atom is -0.476 e. The van der Waals surface area contributed by atoms with E-state index >= 15 is 0 Å². The van der Waals surface area contributed by atoms with Crippen LogP contribution in [0.15, 0.2) is 0 Å². The van der Waals surface area contributed by atoms with E-state index in [-0.39, 0.29) is 5.48 Å². The first-order valence-electron chi connectivity index (χ1n) is 1.78. The van der Waals surface area contributed by atoms with Crippen molar-refractivity contribution in [2.75, 3.05) is 0 Å². The molecule has 68 valence electrons. The van der Waals surface area contributed by atoms with Crippen LogP contribution < -0.4 is 0 Å². The van der Waals surface area contributed by atoms with Crippen molar-refractivity contribution in [3.8, 4) is 0 Å². The van der Waals surface area contributed by atoms with Gasteiger partial charge in [-0.1, -0.05) is 0 Å². The predicted molar refractivity (Wildman–Crippen MR) is 27.7 cm³/mol. The first kappa shape index (κ1) is 12.8. The molecule has 0 spiro atoms. The maximum atomic E-state index is 11.6.